The van der Waals surface area contributed by atoms with E-state index in [1.807, 2.05) is 20.0 Å². The van der Waals surface area contributed by atoms with Gasteiger partial charge in [-0.1, -0.05) is 11.2 Å². The summed E-state index contributed by atoms with van der Waals surface area (Å²) in [5.74, 6) is 0.481. The van der Waals surface area contributed by atoms with Crippen LogP contribution in [0.2, 0.25) is 0 Å². The second kappa shape index (κ2) is 4.01. The van der Waals surface area contributed by atoms with Crippen LogP contribution in [0.1, 0.15) is 30.0 Å². The Labute approximate surface area is 89.9 Å². The van der Waals surface area contributed by atoms with E-state index in [0.717, 1.165) is 24.1 Å². The maximum absolute atomic E-state index is 10.8. The van der Waals surface area contributed by atoms with Crippen LogP contribution in [0.15, 0.2) is 23.4 Å². The summed E-state index contributed by atoms with van der Waals surface area (Å²) in [5.41, 5.74) is 3.28. The van der Waals surface area contributed by atoms with E-state index in [1.54, 1.807) is 0 Å². The minimum absolute atomic E-state index is 0.142. The molecule has 0 aliphatic heterocycles. The number of aryl methyl sites for hydroxylation is 1. The van der Waals surface area contributed by atoms with Gasteiger partial charge in [0.2, 0.25) is 0 Å². The third kappa shape index (κ3) is 2.17. The third-order valence-corrected chi connectivity index (χ3v) is 2.91. The molecule has 1 N–H and O–H groups in total. The summed E-state index contributed by atoms with van der Waals surface area (Å²) in [7, 11) is 1.89. The van der Waals surface area contributed by atoms with Gasteiger partial charge in [-0.25, -0.2) is 0 Å². The van der Waals surface area contributed by atoms with Crippen molar-refractivity contribution in [1.29, 1.82) is 0 Å². The van der Waals surface area contributed by atoms with Gasteiger partial charge in [-0.2, -0.15) is 4.91 Å². The first-order chi connectivity index (χ1) is 7.24. The summed E-state index contributed by atoms with van der Waals surface area (Å²) in [6, 6.07) is 6.01. The molecule has 0 heterocycles. The molecule has 80 valence electrons. The average molecular weight is 204 g/mol. The van der Waals surface area contributed by atoms with Gasteiger partial charge in [0, 0.05) is 12.7 Å². The van der Waals surface area contributed by atoms with Crippen molar-refractivity contribution in [2.45, 2.75) is 25.8 Å². The van der Waals surface area contributed by atoms with Gasteiger partial charge in [0.1, 0.15) is 6.04 Å². The molecule has 3 heteroatoms. The molecule has 0 aromatic heterocycles. The highest BCUT2D eigenvalue weighted by Gasteiger charge is 2.33. The molecule has 1 aliphatic carbocycles. The molecule has 1 aromatic rings. The van der Waals surface area contributed by atoms with Crippen molar-refractivity contribution >= 4 is 5.69 Å². The molecular weight excluding hydrogens is 188 g/mol. The Kier molecular flexibility index (Phi) is 2.71. The van der Waals surface area contributed by atoms with Crippen molar-refractivity contribution in [3.05, 3.63) is 34.2 Å². The zero-order chi connectivity index (χ0) is 10.8. The minimum Gasteiger partial charge on any atom is -0.388 e. The lowest BCUT2D eigenvalue weighted by Crippen LogP contribution is -1.99. The van der Waals surface area contributed by atoms with Crippen LogP contribution >= 0.6 is 0 Å². The van der Waals surface area contributed by atoms with Gasteiger partial charge in [-0.3, -0.25) is 0 Å². The molecule has 0 radical (unpaired) electrons. The smallest absolute Gasteiger partial charge is 0.120 e. The fourth-order valence-electron chi connectivity index (χ4n) is 1.96. The van der Waals surface area contributed by atoms with Crippen molar-refractivity contribution in [3.8, 4) is 0 Å². The summed E-state index contributed by atoms with van der Waals surface area (Å²) in [4.78, 5) is 10.8. The summed E-state index contributed by atoms with van der Waals surface area (Å²) in [5, 5.41) is 6.36. The maximum atomic E-state index is 10.8. The Morgan fingerprint density at radius 2 is 2.13 bits per heavy atom. The minimum atomic E-state index is -0.142. The van der Waals surface area contributed by atoms with Crippen molar-refractivity contribution in [1.82, 2.24) is 0 Å². The van der Waals surface area contributed by atoms with Crippen molar-refractivity contribution < 1.29 is 0 Å². The molecule has 3 nitrogen and oxygen atoms in total. The quantitative estimate of drug-likeness (QED) is 0.765. The van der Waals surface area contributed by atoms with E-state index >= 15 is 0 Å². The van der Waals surface area contributed by atoms with Gasteiger partial charge in [0.25, 0.3) is 0 Å². The van der Waals surface area contributed by atoms with Gasteiger partial charge >= 0.3 is 0 Å². The molecule has 0 amide bonds. The van der Waals surface area contributed by atoms with Crippen LogP contribution < -0.4 is 5.32 Å². The highest BCUT2D eigenvalue weighted by Crippen LogP contribution is 2.43. The highest BCUT2D eigenvalue weighted by atomic mass is 16.3. The first-order valence-electron chi connectivity index (χ1n) is 5.36. The molecule has 2 rings (SSSR count). The van der Waals surface area contributed by atoms with Crippen LogP contribution in [0.5, 0.6) is 0 Å². The molecule has 0 spiro atoms. The number of benzene rings is 1. The molecule has 1 unspecified atom stereocenters. The van der Waals surface area contributed by atoms with Gasteiger partial charge in [0.05, 0.1) is 0 Å². The number of nitroso groups, excluding NO2 is 1. The summed E-state index contributed by atoms with van der Waals surface area (Å²) in [6.07, 6.45) is 2.28. The van der Waals surface area contributed by atoms with Crippen LogP contribution in [0, 0.1) is 17.7 Å². The van der Waals surface area contributed by atoms with Gasteiger partial charge in [-0.15, -0.1) is 0 Å². The van der Waals surface area contributed by atoms with E-state index < -0.39 is 0 Å². The predicted octanol–water partition coefficient (Wildman–Crippen LogP) is 3.25. The second-order valence-corrected chi connectivity index (χ2v) is 4.27. The monoisotopic (exact) mass is 204 g/mol. The van der Waals surface area contributed by atoms with E-state index in [-0.39, 0.29) is 6.04 Å². The lowest BCUT2D eigenvalue weighted by Gasteiger charge is -2.11. The Hall–Kier alpha value is -1.38. The molecule has 1 fully saturated rings. The van der Waals surface area contributed by atoms with Gasteiger partial charge < -0.3 is 5.32 Å². The van der Waals surface area contributed by atoms with E-state index in [1.165, 1.54) is 5.56 Å². The highest BCUT2D eigenvalue weighted by molar-refractivity contribution is 5.49. The first kappa shape index (κ1) is 10.1. The van der Waals surface area contributed by atoms with Gasteiger partial charge in [-0.05, 0) is 48.9 Å². The lowest BCUT2D eigenvalue weighted by atomic mass is 10.0. The number of rotatable bonds is 4. The first-order valence-corrected chi connectivity index (χ1v) is 5.36. The summed E-state index contributed by atoms with van der Waals surface area (Å²) < 4.78 is 0. The zero-order valence-electron chi connectivity index (χ0n) is 9.16. The average Bonchev–Trinajstić information content (AvgIpc) is 3.02. The van der Waals surface area contributed by atoms with Crippen LogP contribution in [0.3, 0.4) is 0 Å². The number of nitrogens with one attached hydrogen (secondary N) is 1. The number of hydrogen-bond acceptors (Lipinski definition) is 3. The summed E-state index contributed by atoms with van der Waals surface area (Å²) in [6.45, 7) is 2.04. The Morgan fingerprint density at radius 3 is 2.67 bits per heavy atom. The van der Waals surface area contributed by atoms with Crippen molar-refractivity contribution in [3.63, 3.8) is 0 Å². The van der Waals surface area contributed by atoms with Crippen LogP contribution in [0.25, 0.3) is 0 Å². The van der Waals surface area contributed by atoms with Crippen molar-refractivity contribution in [2.75, 3.05) is 12.4 Å². The van der Waals surface area contributed by atoms with E-state index in [0.29, 0.717) is 5.92 Å². The largest absolute Gasteiger partial charge is 0.388 e. The molecule has 1 saturated carbocycles. The Balaban J connectivity index is 2.32. The number of nitrogens with zero attached hydrogens (tertiary/aromatic N) is 1. The Bertz CT molecular complexity index is 372. The number of hydrogen-bond donors (Lipinski definition) is 1. The Morgan fingerprint density at radius 1 is 1.40 bits per heavy atom. The van der Waals surface area contributed by atoms with E-state index in [2.05, 4.69) is 22.6 Å². The van der Waals surface area contributed by atoms with Crippen molar-refractivity contribution in [2.24, 2.45) is 11.1 Å². The fraction of sp³-hybridized carbons (Fsp3) is 0.500. The molecule has 1 aliphatic rings. The van der Waals surface area contributed by atoms with Crippen LogP contribution in [-0.4, -0.2) is 7.05 Å². The topological polar surface area (TPSA) is 41.5 Å². The molecule has 15 heavy (non-hydrogen) atoms. The second-order valence-electron chi connectivity index (χ2n) is 4.27. The van der Waals surface area contributed by atoms with E-state index in [9.17, 15) is 4.91 Å². The van der Waals surface area contributed by atoms with E-state index in [4.69, 9.17) is 0 Å². The zero-order valence-corrected chi connectivity index (χ0v) is 9.16. The molecule has 0 bridgehead atoms. The lowest BCUT2D eigenvalue weighted by molar-refractivity contribution is 0.631. The van der Waals surface area contributed by atoms with Crippen LogP contribution in [0.4, 0.5) is 5.69 Å². The fourth-order valence-corrected chi connectivity index (χ4v) is 1.96. The van der Waals surface area contributed by atoms with Gasteiger partial charge in [0.15, 0.2) is 0 Å². The third-order valence-electron chi connectivity index (χ3n) is 2.91. The predicted molar refractivity (Wildman–Crippen MR) is 62.0 cm³/mol. The molecule has 1 aromatic carbocycles. The number of anilines is 1. The molecular formula is C12H16N2O. The SMILES string of the molecule is CNc1cc(C)cc(C(N=O)C2CC2)c1. The standard InChI is InChI=1S/C12H16N2O/c1-8-5-10(7-11(6-8)13-2)12(14-15)9-3-4-9/h5-7,9,12-13H,3-4H2,1-2H3. The summed E-state index contributed by atoms with van der Waals surface area (Å²) >= 11 is 0. The van der Waals surface area contributed by atoms with Crippen LogP contribution in [-0.2, 0) is 0 Å². The molecule has 1 atom stereocenters. The normalized spacial score (nSPS) is 17.2. The molecule has 0 saturated heterocycles. The maximum Gasteiger partial charge on any atom is 0.120 e.